The van der Waals surface area contributed by atoms with E-state index in [2.05, 4.69) is 20.9 Å². The third-order valence-electron chi connectivity index (χ3n) is 1.52. The van der Waals surface area contributed by atoms with Crippen molar-refractivity contribution < 1.29 is 4.74 Å². The molecule has 4 heteroatoms. The molecular formula is C9H13BrN2O. The van der Waals surface area contributed by atoms with Gasteiger partial charge in [-0.15, -0.1) is 0 Å². The largest absolute Gasteiger partial charge is 0.377 e. The van der Waals surface area contributed by atoms with Gasteiger partial charge in [0.1, 0.15) is 0 Å². The molecular weight excluding hydrogens is 232 g/mol. The van der Waals surface area contributed by atoms with Gasteiger partial charge in [0, 0.05) is 23.5 Å². The van der Waals surface area contributed by atoms with Crippen molar-refractivity contribution in [3.05, 3.63) is 28.5 Å². The molecule has 13 heavy (non-hydrogen) atoms. The van der Waals surface area contributed by atoms with Crippen LogP contribution in [0.5, 0.6) is 0 Å². The molecule has 1 heterocycles. The lowest BCUT2D eigenvalue weighted by molar-refractivity contribution is 0.119. The summed E-state index contributed by atoms with van der Waals surface area (Å²) in [6.45, 7) is 1.99. The Bertz CT molecular complexity index is 255. The molecule has 0 atom stereocenters. The fourth-order valence-electron chi connectivity index (χ4n) is 0.910. The SMILES string of the molecule is NCCCOCc1cncc(Br)c1. The van der Waals surface area contributed by atoms with E-state index >= 15 is 0 Å². The molecule has 0 fully saturated rings. The fourth-order valence-corrected chi connectivity index (χ4v) is 1.32. The van der Waals surface area contributed by atoms with Crippen molar-refractivity contribution in [2.75, 3.05) is 13.2 Å². The van der Waals surface area contributed by atoms with Crippen molar-refractivity contribution in [3.8, 4) is 0 Å². The Morgan fingerprint density at radius 3 is 3.00 bits per heavy atom. The lowest BCUT2D eigenvalue weighted by Gasteiger charge is -2.02. The van der Waals surface area contributed by atoms with Gasteiger partial charge in [-0.1, -0.05) is 0 Å². The second kappa shape index (κ2) is 6.07. The second-order valence-corrected chi connectivity index (χ2v) is 3.62. The van der Waals surface area contributed by atoms with Crippen molar-refractivity contribution in [1.82, 2.24) is 4.98 Å². The molecule has 1 rings (SSSR count). The van der Waals surface area contributed by atoms with E-state index in [0.717, 1.165) is 16.5 Å². The fraction of sp³-hybridized carbons (Fsp3) is 0.444. The van der Waals surface area contributed by atoms with Gasteiger partial charge in [0.15, 0.2) is 0 Å². The smallest absolute Gasteiger partial charge is 0.0732 e. The molecule has 0 saturated heterocycles. The lowest BCUT2D eigenvalue weighted by atomic mass is 10.3. The third-order valence-corrected chi connectivity index (χ3v) is 1.96. The summed E-state index contributed by atoms with van der Waals surface area (Å²) in [5, 5.41) is 0. The summed E-state index contributed by atoms with van der Waals surface area (Å²) in [6.07, 6.45) is 4.46. The van der Waals surface area contributed by atoms with Crippen LogP contribution >= 0.6 is 15.9 Å². The summed E-state index contributed by atoms with van der Waals surface area (Å²) in [4.78, 5) is 4.03. The van der Waals surface area contributed by atoms with E-state index in [9.17, 15) is 0 Å². The van der Waals surface area contributed by atoms with E-state index in [1.54, 1.807) is 12.4 Å². The molecule has 0 aliphatic carbocycles. The van der Waals surface area contributed by atoms with Crippen LogP contribution in [0, 0.1) is 0 Å². The van der Waals surface area contributed by atoms with Crippen LogP contribution in [0.25, 0.3) is 0 Å². The zero-order valence-corrected chi connectivity index (χ0v) is 8.96. The van der Waals surface area contributed by atoms with Crippen molar-refractivity contribution in [2.24, 2.45) is 5.73 Å². The number of rotatable bonds is 5. The monoisotopic (exact) mass is 244 g/mol. The first-order valence-electron chi connectivity index (χ1n) is 4.20. The quantitative estimate of drug-likeness (QED) is 0.803. The molecule has 0 saturated carbocycles. The maximum atomic E-state index is 5.37. The summed E-state index contributed by atoms with van der Waals surface area (Å²) in [5.41, 5.74) is 6.41. The molecule has 0 radical (unpaired) electrons. The Labute approximate surface area is 86.4 Å². The molecule has 0 aromatic carbocycles. The standard InChI is InChI=1S/C9H13BrN2O/c10-9-4-8(5-12-6-9)7-13-3-1-2-11/h4-6H,1-3,7,11H2. The van der Waals surface area contributed by atoms with Gasteiger partial charge in [-0.3, -0.25) is 4.98 Å². The maximum Gasteiger partial charge on any atom is 0.0732 e. The van der Waals surface area contributed by atoms with Crippen molar-refractivity contribution in [1.29, 1.82) is 0 Å². The van der Waals surface area contributed by atoms with Gasteiger partial charge in [0.25, 0.3) is 0 Å². The first-order chi connectivity index (χ1) is 6.33. The molecule has 0 spiro atoms. The van der Waals surface area contributed by atoms with E-state index in [1.165, 1.54) is 0 Å². The zero-order valence-electron chi connectivity index (χ0n) is 7.37. The summed E-state index contributed by atoms with van der Waals surface area (Å²) < 4.78 is 6.35. The highest BCUT2D eigenvalue weighted by Crippen LogP contribution is 2.10. The van der Waals surface area contributed by atoms with Crippen molar-refractivity contribution in [2.45, 2.75) is 13.0 Å². The number of hydrogen-bond acceptors (Lipinski definition) is 3. The average Bonchev–Trinajstić information content (AvgIpc) is 2.13. The van der Waals surface area contributed by atoms with Crippen LogP contribution in [0.4, 0.5) is 0 Å². The first-order valence-corrected chi connectivity index (χ1v) is 4.99. The Morgan fingerprint density at radius 1 is 1.46 bits per heavy atom. The van der Waals surface area contributed by atoms with Crippen LogP contribution in [-0.4, -0.2) is 18.1 Å². The highest BCUT2D eigenvalue weighted by molar-refractivity contribution is 9.10. The van der Waals surface area contributed by atoms with E-state index in [1.807, 2.05) is 6.07 Å². The van der Waals surface area contributed by atoms with Gasteiger partial charge in [-0.2, -0.15) is 0 Å². The second-order valence-electron chi connectivity index (χ2n) is 2.71. The van der Waals surface area contributed by atoms with Gasteiger partial charge in [0.2, 0.25) is 0 Å². The van der Waals surface area contributed by atoms with Crippen LogP contribution in [0.3, 0.4) is 0 Å². The van der Waals surface area contributed by atoms with Crippen LogP contribution in [-0.2, 0) is 11.3 Å². The number of nitrogens with two attached hydrogens (primary N) is 1. The van der Waals surface area contributed by atoms with Crippen LogP contribution in [0.15, 0.2) is 22.9 Å². The Morgan fingerprint density at radius 2 is 2.31 bits per heavy atom. The number of ether oxygens (including phenoxy) is 1. The topological polar surface area (TPSA) is 48.1 Å². The minimum absolute atomic E-state index is 0.604. The molecule has 1 aromatic heterocycles. The van der Waals surface area contributed by atoms with Crippen LogP contribution in [0.1, 0.15) is 12.0 Å². The summed E-state index contributed by atoms with van der Waals surface area (Å²) in [7, 11) is 0. The van der Waals surface area contributed by atoms with Gasteiger partial charge in [-0.05, 0) is 40.5 Å². The molecule has 72 valence electrons. The summed E-state index contributed by atoms with van der Waals surface area (Å²) in [6, 6.07) is 2.00. The lowest BCUT2D eigenvalue weighted by Crippen LogP contribution is -2.04. The molecule has 0 aliphatic heterocycles. The molecule has 3 nitrogen and oxygen atoms in total. The molecule has 1 aromatic rings. The first kappa shape index (κ1) is 10.6. The number of pyridine rings is 1. The van der Waals surface area contributed by atoms with Gasteiger partial charge >= 0.3 is 0 Å². The van der Waals surface area contributed by atoms with Gasteiger partial charge < -0.3 is 10.5 Å². The minimum atomic E-state index is 0.604. The number of nitrogens with zero attached hydrogens (tertiary/aromatic N) is 1. The summed E-state index contributed by atoms with van der Waals surface area (Å²) >= 11 is 3.35. The number of hydrogen-bond donors (Lipinski definition) is 1. The predicted octanol–water partition coefficient (Wildman–Crippen LogP) is 1.71. The molecule has 0 aliphatic rings. The van der Waals surface area contributed by atoms with Crippen LogP contribution < -0.4 is 5.73 Å². The molecule has 2 N–H and O–H groups in total. The van der Waals surface area contributed by atoms with Gasteiger partial charge in [-0.25, -0.2) is 0 Å². The van der Waals surface area contributed by atoms with Crippen molar-refractivity contribution >= 4 is 15.9 Å². The average molecular weight is 245 g/mol. The van der Waals surface area contributed by atoms with Gasteiger partial charge in [0.05, 0.1) is 6.61 Å². The Balaban J connectivity index is 2.28. The Hall–Kier alpha value is -0.450. The van der Waals surface area contributed by atoms with Crippen molar-refractivity contribution in [3.63, 3.8) is 0 Å². The maximum absolute atomic E-state index is 5.37. The highest BCUT2D eigenvalue weighted by atomic mass is 79.9. The van der Waals surface area contributed by atoms with E-state index in [0.29, 0.717) is 19.8 Å². The zero-order chi connectivity index (χ0) is 9.52. The van der Waals surface area contributed by atoms with E-state index in [4.69, 9.17) is 10.5 Å². The molecule has 0 bridgehead atoms. The van der Waals surface area contributed by atoms with E-state index in [-0.39, 0.29) is 0 Å². The van der Waals surface area contributed by atoms with E-state index < -0.39 is 0 Å². The minimum Gasteiger partial charge on any atom is -0.377 e. The molecule has 0 amide bonds. The normalized spacial score (nSPS) is 10.3. The highest BCUT2D eigenvalue weighted by Gasteiger charge is 1.94. The summed E-state index contributed by atoms with van der Waals surface area (Å²) in [5.74, 6) is 0. The number of aromatic nitrogens is 1. The molecule has 0 unspecified atom stereocenters. The predicted molar refractivity (Wildman–Crippen MR) is 55.3 cm³/mol. The van der Waals surface area contributed by atoms with Crippen LogP contribution in [0.2, 0.25) is 0 Å². The number of halogens is 1. The third kappa shape index (κ3) is 4.36. The Kier molecular flexibility index (Phi) is 4.97.